The molecule has 1 saturated heterocycles. The fourth-order valence-corrected chi connectivity index (χ4v) is 2.66. The predicted octanol–water partition coefficient (Wildman–Crippen LogP) is 2.11. The van der Waals surface area contributed by atoms with Crippen LogP contribution in [0.15, 0.2) is 12.3 Å². The lowest BCUT2D eigenvalue weighted by Gasteiger charge is -2.30. The second-order valence-electron chi connectivity index (χ2n) is 5.75. The highest BCUT2D eigenvalue weighted by Gasteiger charge is 2.14. The molecule has 0 unspecified atom stereocenters. The molecule has 2 heterocycles. The van der Waals surface area contributed by atoms with E-state index in [0.29, 0.717) is 0 Å². The highest BCUT2D eigenvalue weighted by atomic mass is 15.3. The van der Waals surface area contributed by atoms with Gasteiger partial charge in [0, 0.05) is 32.4 Å². The minimum absolute atomic E-state index is 0.924. The number of hydrogen-bond acceptors (Lipinski definition) is 3. The molecule has 1 aromatic heterocycles. The molecule has 19 heavy (non-hydrogen) atoms. The first kappa shape index (κ1) is 14.5. The molecular weight excluding hydrogens is 236 g/mol. The van der Waals surface area contributed by atoms with Gasteiger partial charge < -0.3 is 10.2 Å². The lowest BCUT2D eigenvalue weighted by Crippen LogP contribution is -2.37. The van der Waals surface area contributed by atoms with E-state index in [9.17, 15) is 0 Å². The van der Waals surface area contributed by atoms with Gasteiger partial charge in [-0.25, -0.2) is 0 Å². The monoisotopic (exact) mass is 264 g/mol. The molecule has 4 nitrogen and oxygen atoms in total. The van der Waals surface area contributed by atoms with Crippen LogP contribution in [0, 0.1) is 5.92 Å². The Morgan fingerprint density at radius 1 is 1.32 bits per heavy atom. The number of aromatic nitrogens is 2. The number of nitrogens with zero attached hydrogens (tertiary/aromatic N) is 3. The molecule has 4 heteroatoms. The first-order valence-corrected chi connectivity index (χ1v) is 7.73. The Kier molecular flexibility index (Phi) is 5.86. The predicted molar refractivity (Wildman–Crippen MR) is 79.1 cm³/mol. The lowest BCUT2D eigenvalue weighted by atomic mass is 9.99. The molecule has 108 valence electrons. The molecule has 1 aliphatic rings. The Bertz CT molecular complexity index is 353. The van der Waals surface area contributed by atoms with Crippen molar-refractivity contribution in [3.05, 3.63) is 18.0 Å². The average Bonchev–Trinajstić information content (AvgIpc) is 2.85. The van der Waals surface area contributed by atoms with Crippen molar-refractivity contribution in [2.24, 2.45) is 5.92 Å². The lowest BCUT2D eigenvalue weighted by molar-refractivity contribution is 0.193. The molecule has 0 amide bonds. The molecule has 0 atom stereocenters. The summed E-state index contributed by atoms with van der Waals surface area (Å²) >= 11 is 0. The Hall–Kier alpha value is -0.870. The molecule has 2 rings (SSSR count). The van der Waals surface area contributed by atoms with E-state index in [0.717, 1.165) is 32.0 Å². The van der Waals surface area contributed by atoms with Crippen LogP contribution < -0.4 is 5.32 Å². The van der Waals surface area contributed by atoms with Gasteiger partial charge in [-0.05, 0) is 44.3 Å². The Morgan fingerprint density at radius 3 is 2.84 bits per heavy atom. The summed E-state index contributed by atoms with van der Waals surface area (Å²) in [6, 6.07) is 2.12. The van der Waals surface area contributed by atoms with Crippen LogP contribution in [-0.2, 0) is 13.1 Å². The minimum Gasteiger partial charge on any atom is -0.310 e. The van der Waals surface area contributed by atoms with Gasteiger partial charge in [-0.15, -0.1) is 0 Å². The third-order valence-corrected chi connectivity index (χ3v) is 4.03. The van der Waals surface area contributed by atoms with Crippen LogP contribution >= 0.6 is 0 Å². The van der Waals surface area contributed by atoms with E-state index in [1.54, 1.807) is 0 Å². The molecule has 0 saturated carbocycles. The summed E-state index contributed by atoms with van der Waals surface area (Å²) < 4.78 is 2.11. The molecule has 0 bridgehead atoms. The standard InChI is InChI=1S/C15H28N4/c1-3-9-19-15(4-7-17-19)13-16-8-12-18-10-5-14(2)6-11-18/h4,7,14,16H,3,5-6,8-13H2,1-2H3. The molecule has 0 aromatic carbocycles. The fraction of sp³-hybridized carbons (Fsp3) is 0.800. The minimum atomic E-state index is 0.924. The van der Waals surface area contributed by atoms with Crippen LogP contribution in [0.4, 0.5) is 0 Å². The summed E-state index contributed by atoms with van der Waals surface area (Å²) in [6.45, 7) is 11.3. The van der Waals surface area contributed by atoms with Crippen LogP contribution in [0.2, 0.25) is 0 Å². The second-order valence-corrected chi connectivity index (χ2v) is 5.75. The van der Waals surface area contributed by atoms with Crippen molar-refractivity contribution in [2.75, 3.05) is 26.2 Å². The summed E-state index contributed by atoms with van der Waals surface area (Å²) in [6.07, 6.45) is 5.77. The third-order valence-electron chi connectivity index (χ3n) is 4.03. The second kappa shape index (κ2) is 7.65. The van der Waals surface area contributed by atoms with Crippen molar-refractivity contribution in [1.29, 1.82) is 0 Å². The van der Waals surface area contributed by atoms with E-state index in [1.165, 1.54) is 38.2 Å². The molecule has 0 aliphatic carbocycles. The van der Waals surface area contributed by atoms with E-state index >= 15 is 0 Å². The molecule has 1 aliphatic heterocycles. The number of aryl methyl sites for hydroxylation is 1. The van der Waals surface area contributed by atoms with Crippen LogP contribution in [-0.4, -0.2) is 40.9 Å². The van der Waals surface area contributed by atoms with Gasteiger partial charge in [0.25, 0.3) is 0 Å². The summed E-state index contributed by atoms with van der Waals surface area (Å²) in [4.78, 5) is 2.58. The van der Waals surface area contributed by atoms with Gasteiger partial charge in [-0.3, -0.25) is 4.68 Å². The quantitative estimate of drug-likeness (QED) is 0.766. The number of likely N-dealkylation sites (tertiary alicyclic amines) is 1. The van der Waals surface area contributed by atoms with E-state index in [-0.39, 0.29) is 0 Å². The van der Waals surface area contributed by atoms with Gasteiger partial charge in [-0.1, -0.05) is 13.8 Å². The SMILES string of the molecule is CCCn1nccc1CNCCN1CCC(C)CC1. The van der Waals surface area contributed by atoms with Crippen LogP contribution in [0.3, 0.4) is 0 Å². The Morgan fingerprint density at radius 2 is 2.11 bits per heavy atom. The number of rotatable bonds is 7. The average molecular weight is 264 g/mol. The summed E-state index contributed by atoms with van der Waals surface area (Å²) in [5.74, 6) is 0.924. The van der Waals surface area contributed by atoms with Gasteiger partial charge in [0.15, 0.2) is 0 Å². The van der Waals surface area contributed by atoms with Gasteiger partial charge in [0.05, 0.1) is 5.69 Å². The first-order valence-electron chi connectivity index (χ1n) is 7.73. The number of nitrogens with one attached hydrogen (secondary N) is 1. The maximum absolute atomic E-state index is 4.35. The van der Waals surface area contributed by atoms with Gasteiger partial charge in [0.1, 0.15) is 0 Å². The fourth-order valence-electron chi connectivity index (χ4n) is 2.66. The van der Waals surface area contributed by atoms with Crippen molar-refractivity contribution in [2.45, 2.75) is 46.2 Å². The zero-order chi connectivity index (χ0) is 13.5. The van der Waals surface area contributed by atoms with Crippen molar-refractivity contribution in [3.8, 4) is 0 Å². The molecule has 1 aromatic rings. The van der Waals surface area contributed by atoms with E-state index in [4.69, 9.17) is 0 Å². The molecule has 0 radical (unpaired) electrons. The number of piperidine rings is 1. The Balaban J connectivity index is 1.62. The highest BCUT2D eigenvalue weighted by Crippen LogP contribution is 2.15. The number of hydrogen-bond donors (Lipinski definition) is 1. The van der Waals surface area contributed by atoms with E-state index in [2.05, 4.69) is 39.9 Å². The maximum Gasteiger partial charge on any atom is 0.0522 e. The van der Waals surface area contributed by atoms with E-state index in [1.807, 2.05) is 6.20 Å². The summed E-state index contributed by atoms with van der Waals surface area (Å²) in [5, 5.41) is 7.89. The smallest absolute Gasteiger partial charge is 0.0522 e. The Labute approximate surface area is 117 Å². The topological polar surface area (TPSA) is 33.1 Å². The van der Waals surface area contributed by atoms with Crippen molar-refractivity contribution in [1.82, 2.24) is 20.0 Å². The van der Waals surface area contributed by atoms with E-state index < -0.39 is 0 Å². The first-order chi connectivity index (χ1) is 9.29. The van der Waals surface area contributed by atoms with Crippen LogP contribution in [0.1, 0.15) is 38.8 Å². The highest BCUT2D eigenvalue weighted by molar-refractivity contribution is 4.99. The van der Waals surface area contributed by atoms with Crippen molar-refractivity contribution in [3.63, 3.8) is 0 Å². The molecule has 1 fully saturated rings. The summed E-state index contributed by atoms with van der Waals surface area (Å²) in [5.41, 5.74) is 1.30. The maximum atomic E-state index is 4.35. The molecular formula is C15H28N4. The normalized spacial score (nSPS) is 18.0. The van der Waals surface area contributed by atoms with Gasteiger partial charge in [-0.2, -0.15) is 5.10 Å². The van der Waals surface area contributed by atoms with Crippen molar-refractivity contribution < 1.29 is 0 Å². The molecule has 1 N–H and O–H groups in total. The van der Waals surface area contributed by atoms with Gasteiger partial charge in [0.2, 0.25) is 0 Å². The zero-order valence-corrected chi connectivity index (χ0v) is 12.4. The largest absolute Gasteiger partial charge is 0.310 e. The van der Waals surface area contributed by atoms with Crippen LogP contribution in [0.5, 0.6) is 0 Å². The van der Waals surface area contributed by atoms with Gasteiger partial charge >= 0.3 is 0 Å². The third kappa shape index (κ3) is 4.62. The van der Waals surface area contributed by atoms with Crippen molar-refractivity contribution >= 4 is 0 Å². The summed E-state index contributed by atoms with van der Waals surface area (Å²) in [7, 11) is 0. The van der Waals surface area contributed by atoms with Crippen LogP contribution in [0.25, 0.3) is 0 Å². The zero-order valence-electron chi connectivity index (χ0n) is 12.4. The molecule has 0 spiro atoms.